The summed E-state index contributed by atoms with van der Waals surface area (Å²) in [4.78, 5) is 13.1. The molecule has 2 heterocycles. The van der Waals surface area contributed by atoms with Gasteiger partial charge in [-0.25, -0.2) is 18.4 Å². The van der Waals surface area contributed by atoms with Gasteiger partial charge in [-0.2, -0.15) is 0 Å². The molecule has 7 nitrogen and oxygen atoms in total. The summed E-state index contributed by atoms with van der Waals surface area (Å²) in [5.41, 5.74) is 1.41. The van der Waals surface area contributed by atoms with Gasteiger partial charge < -0.3 is 9.80 Å². The summed E-state index contributed by atoms with van der Waals surface area (Å²) in [6.45, 7) is 3.55. The molecule has 0 aliphatic carbocycles. The van der Waals surface area contributed by atoms with Crippen molar-refractivity contribution in [3.8, 4) is 0 Å². The number of likely N-dealkylation sites (N-methyl/N-ethyl adjacent to an activating group) is 1. The van der Waals surface area contributed by atoms with E-state index in [-0.39, 0.29) is 10.7 Å². The zero-order valence-electron chi connectivity index (χ0n) is 15.1. The lowest BCUT2D eigenvalue weighted by Crippen LogP contribution is -3.12. The molecule has 2 aromatic carbocycles. The molecule has 0 radical (unpaired) electrons. The van der Waals surface area contributed by atoms with Crippen LogP contribution in [0.2, 0.25) is 0 Å². The van der Waals surface area contributed by atoms with Crippen molar-refractivity contribution < 1.29 is 13.3 Å². The molecule has 1 fully saturated rings. The van der Waals surface area contributed by atoms with Crippen molar-refractivity contribution in [2.24, 2.45) is 0 Å². The molecule has 1 aromatic heterocycles. The molecule has 0 bridgehead atoms. The Labute approximate surface area is 158 Å². The van der Waals surface area contributed by atoms with Crippen molar-refractivity contribution in [2.45, 2.75) is 4.90 Å². The molecule has 8 heteroatoms. The molecule has 0 atom stereocenters. The average Bonchev–Trinajstić information content (AvgIpc) is 2.69. The first-order valence-electron chi connectivity index (χ1n) is 8.94. The van der Waals surface area contributed by atoms with Crippen LogP contribution in [0.15, 0.2) is 59.5 Å². The number of piperazine rings is 1. The number of hydrogen-bond acceptors (Lipinski definition) is 5. The maximum atomic E-state index is 12.8. The lowest BCUT2D eigenvalue weighted by molar-refractivity contribution is -0.880. The minimum absolute atomic E-state index is 0.203. The number of nitrogens with zero attached hydrogens (tertiary/aromatic N) is 3. The van der Waals surface area contributed by atoms with E-state index in [1.165, 1.54) is 4.90 Å². The lowest BCUT2D eigenvalue weighted by atomic mass is 10.3. The van der Waals surface area contributed by atoms with E-state index in [4.69, 9.17) is 4.98 Å². The second-order valence-corrected chi connectivity index (χ2v) is 8.43. The van der Waals surface area contributed by atoms with Gasteiger partial charge in [-0.3, -0.25) is 4.72 Å². The number of benzene rings is 2. The number of para-hydroxylation sites is 2. The fraction of sp³-hybridized carbons (Fsp3) is 0.263. The Bertz CT molecular complexity index is 1050. The third kappa shape index (κ3) is 3.72. The highest BCUT2D eigenvalue weighted by Gasteiger charge is 2.25. The van der Waals surface area contributed by atoms with Crippen LogP contribution in [-0.4, -0.2) is 51.6 Å². The van der Waals surface area contributed by atoms with Crippen molar-refractivity contribution in [3.05, 3.63) is 54.6 Å². The number of rotatable bonds is 4. The minimum Gasteiger partial charge on any atom is -0.342 e. The summed E-state index contributed by atoms with van der Waals surface area (Å²) in [7, 11) is -1.58. The lowest BCUT2D eigenvalue weighted by Gasteiger charge is -2.31. The number of hydrogen-bond donors (Lipinski definition) is 2. The molecular weight excluding hydrogens is 362 g/mol. The van der Waals surface area contributed by atoms with Gasteiger partial charge in [-0.05, 0) is 24.3 Å². The second-order valence-electron chi connectivity index (χ2n) is 6.75. The van der Waals surface area contributed by atoms with Gasteiger partial charge in [0.15, 0.2) is 11.6 Å². The molecule has 0 spiro atoms. The maximum absolute atomic E-state index is 12.8. The zero-order chi connectivity index (χ0) is 18.9. The normalized spacial score (nSPS) is 15.8. The van der Waals surface area contributed by atoms with Crippen LogP contribution in [0.5, 0.6) is 0 Å². The van der Waals surface area contributed by atoms with Crippen LogP contribution in [0.4, 0.5) is 11.6 Å². The molecule has 2 N–H and O–H groups in total. The fourth-order valence-electron chi connectivity index (χ4n) is 3.17. The molecule has 1 saturated heterocycles. The van der Waals surface area contributed by atoms with Gasteiger partial charge >= 0.3 is 0 Å². The zero-order valence-corrected chi connectivity index (χ0v) is 15.9. The smallest absolute Gasteiger partial charge is 0.263 e. The highest BCUT2D eigenvalue weighted by atomic mass is 32.2. The Morgan fingerprint density at radius 3 is 2.19 bits per heavy atom. The molecule has 0 amide bonds. The van der Waals surface area contributed by atoms with Crippen LogP contribution in [0.3, 0.4) is 0 Å². The SMILES string of the molecule is C[NH+]1CCN(c2nc3ccccc3nc2NS(=O)(=O)c2ccccc2)CC1. The predicted molar refractivity (Wildman–Crippen MR) is 106 cm³/mol. The largest absolute Gasteiger partial charge is 0.342 e. The van der Waals surface area contributed by atoms with Crippen LogP contribution in [0, 0.1) is 0 Å². The molecule has 1 aliphatic rings. The van der Waals surface area contributed by atoms with E-state index < -0.39 is 10.0 Å². The highest BCUT2D eigenvalue weighted by Crippen LogP contribution is 2.27. The summed E-state index contributed by atoms with van der Waals surface area (Å²) in [6.07, 6.45) is 0. The van der Waals surface area contributed by atoms with Gasteiger partial charge in [0.25, 0.3) is 10.0 Å². The Kier molecular flexibility index (Phi) is 4.67. The third-order valence-corrected chi connectivity index (χ3v) is 6.11. The van der Waals surface area contributed by atoms with Crippen molar-refractivity contribution in [3.63, 3.8) is 0 Å². The molecule has 140 valence electrons. The third-order valence-electron chi connectivity index (χ3n) is 4.75. The number of anilines is 2. The standard InChI is InChI=1S/C19H21N5O2S/c1-23-11-13-24(14-12-23)19-18(20-16-9-5-6-10-17(16)21-19)22-27(25,26)15-7-3-2-4-8-15/h2-10H,11-14H2,1H3,(H,20,22)/p+1. The fourth-order valence-corrected chi connectivity index (χ4v) is 4.19. The topological polar surface area (TPSA) is 79.6 Å². The van der Waals surface area contributed by atoms with E-state index in [1.54, 1.807) is 30.3 Å². The number of fused-ring (bicyclic) bond motifs is 1. The first kappa shape index (κ1) is 17.7. The van der Waals surface area contributed by atoms with Gasteiger partial charge in [-0.15, -0.1) is 0 Å². The first-order valence-corrected chi connectivity index (χ1v) is 10.4. The molecule has 3 aromatic rings. The summed E-state index contributed by atoms with van der Waals surface area (Å²) in [6, 6.07) is 15.8. The monoisotopic (exact) mass is 384 g/mol. The van der Waals surface area contributed by atoms with Gasteiger partial charge in [0.1, 0.15) is 0 Å². The summed E-state index contributed by atoms with van der Waals surface area (Å²) >= 11 is 0. The number of aromatic nitrogens is 2. The number of quaternary nitrogens is 1. The number of sulfonamides is 1. The molecular formula is C19H22N5O2S+. The van der Waals surface area contributed by atoms with E-state index in [1.807, 2.05) is 24.3 Å². The molecule has 1 aliphatic heterocycles. The summed E-state index contributed by atoms with van der Waals surface area (Å²) in [5.74, 6) is 0.859. The molecule has 0 unspecified atom stereocenters. The predicted octanol–water partition coefficient (Wildman–Crippen LogP) is 0.765. The molecule has 27 heavy (non-hydrogen) atoms. The molecule has 4 rings (SSSR count). The van der Waals surface area contributed by atoms with E-state index in [0.717, 1.165) is 31.7 Å². The summed E-state index contributed by atoms with van der Waals surface area (Å²) in [5, 5.41) is 0. The molecule has 0 saturated carbocycles. The minimum atomic E-state index is -3.74. The van der Waals surface area contributed by atoms with E-state index >= 15 is 0 Å². The van der Waals surface area contributed by atoms with Gasteiger partial charge in [-0.1, -0.05) is 30.3 Å². The van der Waals surface area contributed by atoms with Gasteiger partial charge in [0.2, 0.25) is 0 Å². The Balaban J connectivity index is 1.77. The van der Waals surface area contributed by atoms with Crippen molar-refractivity contribution in [1.29, 1.82) is 0 Å². The summed E-state index contributed by atoms with van der Waals surface area (Å²) < 4.78 is 28.3. The Hall–Kier alpha value is -2.71. The van der Waals surface area contributed by atoms with Crippen LogP contribution in [-0.2, 0) is 10.0 Å². The number of nitrogens with one attached hydrogen (secondary N) is 2. The van der Waals surface area contributed by atoms with Crippen molar-refractivity contribution in [1.82, 2.24) is 9.97 Å². The Morgan fingerprint density at radius 2 is 1.52 bits per heavy atom. The second kappa shape index (κ2) is 7.13. The highest BCUT2D eigenvalue weighted by molar-refractivity contribution is 7.92. The van der Waals surface area contributed by atoms with E-state index in [0.29, 0.717) is 11.3 Å². The first-order chi connectivity index (χ1) is 13.0. The maximum Gasteiger partial charge on any atom is 0.263 e. The quantitative estimate of drug-likeness (QED) is 0.695. The van der Waals surface area contributed by atoms with Gasteiger partial charge in [0.05, 0.1) is 49.2 Å². The van der Waals surface area contributed by atoms with E-state index in [9.17, 15) is 8.42 Å². The van der Waals surface area contributed by atoms with Gasteiger partial charge in [0, 0.05) is 0 Å². The van der Waals surface area contributed by atoms with Crippen LogP contribution in [0.25, 0.3) is 11.0 Å². The van der Waals surface area contributed by atoms with Crippen LogP contribution >= 0.6 is 0 Å². The van der Waals surface area contributed by atoms with Crippen LogP contribution < -0.4 is 14.5 Å². The van der Waals surface area contributed by atoms with Crippen molar-refractivity contribution in [2.75, 3.05) is 42.8 Å². The van der Waals surface area contributed by atoms with Crippen molar-refractivity contribution >= 4 is 32.7 Å². The van der Waals surface area contributed by atoms with E-state index in [2.05, 4.69) is 21.7 Å². The Morgan fingerprint density at radius 1 is 0.926 bits per heavy atom. The van der Waals surface area contributed by atoms with Crippen LogP contribution in [0.1, 0.15) is 0 Å². The average molecular weight is 384 g/mol.